The summed E-state index contributed by atoms with van der Waals surface area (Å²) in [7, 11) is 0. The highest BCUT2D eigenvalue weighted by atomic mass is 19.2. The van der Waals surface area contributed by atoms with Crippen molar-refractivity contribution in [1.82, 2.24) is 4.98 Å². The van der Waals surface area contributed by atoms with Gasteiger partial charge < -0.3 is 5.73 Å². The number of benzene rings is 1. The Kier molecular flexibility index (Phi) is 1.80. The number of aromatic nitrogens is 1. The van der Waals surface area contributed by atoms with Crippen molar-refractivity contribution in [2.75, 3.05) is 5.73 Å². The number of nitrogens with two attached hydrogens (primary N) is 1. The molecule has 2 aromatic rings. The second-order valence-electron chi connectivity index (χ2n) is 2.79. The molecule has 0 fully saturated rings. The van der Waals surface area contributed by atoms with Crippen LogP contribution in [0.2, 0.25) is 0 Å². The summed E-state index contributed by atoms with van der Waals surface area (Å²) in [6, 6.07) is 3.06. The largest absolute Gasteiger partial charge is 0.384 e. The van der Waals surface area contributed by atoms with Crippen LogP contribution in [0.1, 0.15) is 0 Å². The summed E-state index contributed by atoms with van der Waals surface area (Å²) in [4.78, 5) is 3.52. The van der Waals surface area contributed by atoms with Gasteiger partial charge in [-0.1, -0.05) is 0 Å². The van der Waals surface area contributed by atoms with E-state index in [0.717, 1.165) is 0 Å². The minimum Gasteiger partial charge on any atom is -0.384 e. The topological polar surface area (TPSA) is 38.9 Å². The van der Waals surface area contributed by atoms with E-state index in [4.69, 9.17) is 5.73 Å². The molecule has 14 heavy (non-hydrogen) atoms. The predicted molar refractivity (Wildman–Crippen MR) is 46.0 cm³/mol. The summed E-state index contributed by atoms with van der Waals surface area (Å²) in [6.07, 6.45) is 0. The number of halogens is 3. The van der Waals surface area contributed by atoms with Crippen molar-refractivity contribution >= 4 is 16.7 Å². The Morgan fingerprint density at radius 1 is 1.07 bits per heavy atom. The monoisotopic (exact) mass is 198 g/mol. The van der Waals surface area contributed by atoms with Gasteiger partial charge in [-0.2, -0.15) is 0 Å². The van der Waals surface area contributed by atoms with Gasteiger partial charge in [-0.25, -0.2) is 18.2 Å². The maximum atomic E-state index is 13.1. The highest BCUT2D eigenvalue weighted by Crippen LogP contribution is 2.22. The van der Waals surface area contributed by atoms with Gasteiger partial charge in [0.15, 0.2) is 11.6 Å². The average molecular weight is 198 g/mol. The maximum Gasteiger partial charge on any atom is 0.185 e. The van der Waals surface area contributed by atoms with E-state index in [2.05, 4.69) is 4.98 Å². The van der Waals surface area contributed by atoms with Gasteiger partial charge in [-0.3, -0.25) is 0 Å². The highest BCUT2D eigenvalue weighted by Gasteiger charge is 2.13. The van der Waals surface area contributed by atoms with Gasteiger partial charge in [0.05, 0.1) is 0 Å². The molecule has 2 N–H and O–H groups in total. The van der Waals surface area contributed by atoms with Gasteiger partial charge in [0, 0.05) is 11.5 Å². The summed E-state index contributed by atoms with van der Waals surface area (Å²) in [5, 5.41) is -0.0851. The Labute approximate surface area is 77.2 Å². The molecule has 1 heterocycles. The predicted octanol–water partition coefficient (Wildman–Crippen LogP) is 2.23. The minimum atomic E-state index is -1.27. The van der Waals surface area contributed by atoms with Crippen LogP contribution in [0.5, 0.6) is 0 Å². The van der Waals surface area contributed by atoms with E-state index in [1.807, 2.05) is 0 Å². The maximum absolute atomic E-state index is 13.1. The summed E-state index contributed by atoms with van der Waals surface area (Å²) in [6.45, 7) is 0. The van der Waals surface area contributed by atoms with Crippen LogP contribution in [0.4, 0.5) is 19.0 Å². The van der Waals surface area contributed by atoms with E-state index >= 15 is 0 Å². The first-order chi connectivity index (χ1) is 6.59. The quantitative estimate of drug-likeness (QED) is 0.659. The van der Waals surface area contributed by atoms with Crippen LogP contribution in [-0.4, -0.2) is 4.98 Å². The first kappa shape index (κ1) is 8.80. The fraction of sp³-hybridized carbons (Fsp3) is 0. The van der Waals surface area contributed by atoms with Crippen molar-refractivity contribution in [1.29, 1.82) is 0 Å². The number of nitrogen functional groups attached to an aromatic ring is 1. The molecular weight excluding hydrogens is 193 g/mol. The number of rotatable bonds is 0. The van der Waals surface area contributed by atoms with Crippen molar-refractivity contribution in [2.45, 2.75) is 0 Å². The highest BCUT2D eigenvalue weighted by molar-refractivity contribution is 5.81. The van der Waals surface area contributed by atoms with Crippen molar-refractivity contribution in [2.24, 2.45) is 0 Å². The molecule has 2 rings (SSSR count). The molecule has 0 bridgehead atoms. The number of nitrogens with zero attached hydrogens (tertiary/aromatic N) is 1. The number of pyridine rings is 1. The molecule has 0 amide bonds. The van der Waals surface area contributed by atoms with E-state index in [-0.39, 0.29) is 16.7 Å². The van der Waals surface area contributed by atoms with Gasteiger partial charge >= 0.3 is 0 Å². The van der Waals surface area contributed by atoms with Crippen LogP contribution in [0.15, 0.2) is 18.2 Å². The molecule has 0 aliphatic heterocycles. The average Bonchev–Trinajstić information content (AvgIpc) is 2.14. The Bertz CT molecular complexity index is 511. The normalized spacial score (nSPS) is 10.8. The second-order valence-corrected chi connectivity index (χ2v) is 2.79. The number of anilines is 1. The molecule has 1 aromatic carbocycles. The lowest BCUT2D eigenvalue weighted by Crippen LogP contribution is -1.96. The summed E-state index contributed by atoms with van der Waals surface area (Å²) in [5.74, 6) is -3.30. The van der Waals surface area contributed by atoms with Crippen LogP contribution in [0, 0.1) is 17.5 Å². The van der Waals surface area contributed by atoms with Crippen LogP contribution in [-0.2, 0) is 0 Å². The van der Waals surface area contributed by atoms with Crippen molar-refractivity contribution in [3.8, 4) is 0 Å². The first-order valence-electron chi connectivity index (χ1n) is 3.79. The molecular formula is C9H5F3N2. The Hall–Kier alpha value is -1.78. The molecule has 0 spiro atoms. The Balaban J connectivity index is 2.95. The fourth-order valence-corrected chi connectivity index (χ4v) is 1.20. The van der Waals surface area contributed by atoms with Crippen molar-refractivity contribution < 1.29 is 13.2 Å². The van der Waals surface area contributed by atoms with E-state index in [9.17, 15) is 13.2 Å². The minimum absolute atomic E-state index is 0.0152. The summed E-state index contributed by atoms with van der Waals surface area (Å²) < 4.78 is 38.9. The number of hydrogen-bond donors (Lipinski definition) is 1. The lowest BCUT2D eigenvalue weighted by molar-refractivity contribution is 0.504. The third kappa shape index (κ3) is 1.17. The van der Waals surface area contributed by atoms with Crippen LogP contribution < -0.4 is 5.73 Å². The van der Waals surface area contributed by atoms with E-state index < -0.39 is 17.5 Å². The lowest BCUT2D eigenvalue weighted by Gasteiger charge is -2.02. The molecule has 2 nitrogen and oxygen atoms in total. The SMILES string of the molecule is Nc1ccc2c(F)cc(F)c(F)c2n1. The Morgan fingerprint density at radius 2 is 1.79 bits per heavy atom. The number of hydrogen-bond acceptors (Lipinski definition) is 2. The van der Waals surface area contributed by atoms with E-state index in [1.54, 1.807) is 0 Å². The van der Waals surface area contributed by atoms with Crippen molar-refractivity contribution in [3.05, 3.63) is 35.7 Å². The smallest absolute Gasteiger partial charge is 0.185 e. The van der Waals surface area contributed by atoms with E-state index in [1.165, 1.54) is 12.1 Å². The molecule has 0 aliphatic rings. The second kappa shape index (κ2) is 2.87. The first-order valence-corrected chi connectivity index (χ1v) is 3.79. The van der Waals surface area contributed by atoms with Gasteiger partial charge in [-0.05, 0) is 12.1 Å². The standard InChI is InChI=1S/C9H5F3N2/c10-5-3-6(11)8(12)9-4(5)1-2-7(13)14-9/h1-3H,(H2,13,14). The van der Waals surface area contributed by atoms with Crippen LogP contribution >= 0.6 is 0 Å². The number of fused-ring (bicyclic) bond motifs is 1. The molecule has 0 radical (unpaired) electrons. The molecule has 0 aliphatic carbocycles. The van der Waals surface area contributed by atoms with Gasteiger partial charge in [0.2, 0.25) is 0 Å². The lowest BCUT2D eigenvalue weighted by atomic mass is 10.2. The van der Waals surface area contributed by atoms with Gasteiger partial charge in [0.1, 0.15) is 17.2 Å². The third-order valence-corrected chi connectivity index (χ3v) is 1.85. The zero-order chi connectivity index (χ0) is 10.3. The van der Waals surface area contributed by atoms with Crippen molar-refractivity contribution in [3.63, 3.8) is 0 Å². The molecule has 0 saturated carbocycles. The molecule has 0 unspecified atom stereocenters. The Morgan fingerprint density at radius 3 is 2.50 bits per heavy atom. The third-order valence-electron chi connectivity index (χ3n) is 1.85. The molecule has 0 atom stereocenters. The van der Waals surface area contributed by atoms with E-state index in [0.29, 0.717) is 6.07 Å². The van der Waals surface area contributed by atoms with Gasteiger partial charge in [0.25, 0.3) is 0 Å². The molecule has 0 saturated heterocycles. The molecule has 72 valence electrons. The zero-order valence-corrected chi connectivity index (χ0v) is 6.89. The van der Waals surface area contributed by atoms with Crippen LogP contribution in [0.3, 0.4) is 0 Å². The molecule has 1 aromatic heterocycles. The summed E-state index contributed by atoms with van der Waals surface area (Å²) in [5.41, 5.74) is 4.88. The molecule has 5 heteroatoms. The van der Waals surface area contributed by atoms with Gasteiger partial charge in [-0.15, -0.1) is 0 Å². The zero-order valence-electron chi connectivity index (χ0n) is 6.89. The van der Waals surface area contributed by atoms with Crippen LogP contribution in [0.25, 0.3) is 10.9 Å². The fourth-order valence-electron chi connectivity index (χ4n) is 1.20. The summed E-state index contributed by atoms with van der Waals surface area (Å²) >= 11 is 0.